The van der Waals surface area contributed by atoms with E-state index in [9.17, 15) is 5.11 Å². The van der Waals surface area contributed by atoms with E-state index >= 15 is 0 Å². The van der Waals surface area contributed by atoms with Gasteiger partial charge in [0.05, 0.1) is 32.5 Å². The van der Waals surface area contributed by atoms with Gasteiger partial charge in [-0.25, -0.2) is 0 Å². The highest BCUT2D eigenvalue weighted by molar-refractivity contribution is 5.37. The molecular weight excluding hydrogens is 232 g/mol. The van der Waals surface area contributed by atoms with Gasteiger partial charge in [-0.1, -0.05) is 6.07 Å². The Labute approximate surface area is 107 Å². The number of rotatable bonds is 5. The first kappa shape index (κ1) is 13.3. The van der Waals surface area contributed by atoms with Crippen molar-refractivity contribution < 1.29 is 19.3 Å². The minimum Gasteiger partial charge on any atom is -0.496 e. The van der Waals surface area contributed by atoms with Gasteiger partial charge in [0, 0.05) is 12.2 Å². The monoisotopic (exact) mass is 252 g/mol. The number of hydrogen-bond acceptors (Lipinski definition) is 4. The molecule has 0 bridgehead atoms. The minimum absolute atomic E-state index is 0.171. The molecule has 1 N–H and O–H groups in total. The van der Waals surface area contributed by atoms with Gasteiger partial charge in [0.25, 0.3) is 0 Å². The predicted molar refractivity (Wildman–Crippen MR) is 67.6 cm³/mol. The van der Waals surface area contributed by atoms with Crippen LogP contribution in [-0.2, 0) is 16.1 Å². The molecule has 0 radical (unpaired) electrons. The summed E-state index contributed by atoms with van der Waals surface area (Å²) in [6.07, 6.45) is 0.632. The van der Waals surface area contributed by atoms with Gasteiger partial charge in [0.2, 0.25) is 0 Å². The number of aliphatic hydroxyl groups is 1. The SMILES string of the molecule is COc1ccc(C(C)O)cc1COC1CCOC1. The number of benzene rings is 1. The van der Waals surface area contributed by atoms with Crippen LogP contribution < -0.4 is 4.74 Å². The summed E-state index contributed by atoms with van der Waals surface area (Å²) < 4.78 is 16.3. The molecule has 100 valence electrons. The van der Waals surface area contributed by atoms with Crippen LogP contribution in [0.1, 0.15) is 30.6 Å². The Morgan fingerprint density at radius 1 is 1.50 bits per heavy atom. The fourth-order valence-corrected chi connectivity index (χ4v) is 2.02. The van der Waals surface area contributed by atoms with Crippen LogP contribution in [0.3, 0.4) is 0 Å². The molecule has 4 nitrogen and oxygen atoms in total. The molecule has 1 heterocycles. The van der Waals surface area contributed by atoms with E-state index in [1.165, 1.54) is 0 Å². The summed E-state index contributed by atoms with van der Waals surface area (Å²) in [5.74, 6) is 0.790. The van der Waals surface area contributed by atoms with Gasteiger partial charge < -0.3 is 19.3 Å². The molecular formula is C14H20O4. The first-order valence-corrected chi connectivity index (χ1v) is 6.25. The lowest BCUT2D eigenvalue weighted by molar-refractivity contribution is 0.0308. The maximum atomic E-state index is 9.59. The normalized spacial score (nSPS) is 20.9. The number of methoxy groups -OCH3 is 1. The van der Waals surface area contributed by atoms with Gasteiger partial charge >= 0.3 is 0 Å². The minimum atomic E-state index is -0.482. The molecule has 0 saturated carbocycles. The molecule has 0 amide bonds. The van der Waals surface area contributed by atoms with E-state index in [2.05, 4.69) is 0 Å². The predicted octanol–water partition coefficient (Wildman–Crippen LogP) is 2.05. The van der Waals surface area contributed by atoms with E-state index in [1.807, 2.05) is 18.2 Å². The highest BCUT2D eigenvalue weighted by atomic mass is 16.5. The van der Waals surface area contributed by atoms with Crippen molar-refractivity contribution in [3.63, 3.8) is 0 Å². The highest BCUT2D eigenvalue weighted by Gasteiger charge is 2.17. The third-order valence-electron chi connectivity index (χ3n) is 3.15. The topological polar surface area (TPSA) is 47.9 Å². The van der Waals surface area contributed by atoms with Crippen molar-refractivity contribution in [2.45, 2.75) is 32.2 Å². The standard InChI is InChI=1S/C14H20O4/c1-10(15)11-3-4-14(16-2)12(7-11)8-18-13-5-6-17-9-13/h3-4,7,10,13,15H,5-6,8-9H2,1-2H3. The Kier molecular flexibility index (Phi) is 4.58. The Bertz CT molecular complexity index is 383. The van der Waals surface area contributed by atoms with Gasteiger partial charge in [-0.2, -0.15) is 0 Å². The molecule has 0 aromatic heterocycles. The summed E-state index contributed by atoms with van der Waals surface area (Å²) in [5, 5.41) is 9.59. The molecule has 1 saturated heterocycles. The largest absolute Gasteiger partial charge is 0.496 e. The van der Waals surface area contributed by atoms with Gasteiger partial charge in [0.1, 0.15) is 5.75 Å². The lowest BCUT2D eigenvalue weighted by Crippen LogP contribution is -2.12. The van der Waals surface area contributed by atoms with E-state index in [0.717, 1.165) is 29.9 Å². The second kappa shape index (κ2) is 6.18. The third-order valence-corrected chi connectivity index (χ3v) is 3.15. The number of hydrogen-bond donors (Lipinski definition) is 1. The first-order chi connectivity index (χ1) is 8.70. The summed E-state index contributed by atoms with van der Waals surface area (Å²) in [6, 6.07) is 5.66. The maximum Gasteiger partial charge on any atom is 0.124 e. The summed E-state index contributed by atoms with van der Waals surface area (Å²) in [5.41, 5.74) is 1.83. The molecule has 1 aliphatic heterocycles. The van der Waals surface area contributed by atoms with Gasteiger partial charge in [0.15, 0.2) is 0 Å². The summed E-state index contributed by atoms with van der Waals surface area (Å²) in [7, 11) is 1.64. The van der Waals surface area contributed by atoms with Crippen molar-refractivity contribution in [1.29, 1.82) is 0 Å². The second-order valence-corrected chi connectivity index (χ2v) is 4.54. The zero-order valence-electron chi connectivity index (χ0n) is 10.9. The van der Waals surface area contributed by atoms with Crippen molar-refractivity contribution in [1.82, 2.24) is 0 Å². The molecule has 0 aliphatic carbocycles. The molecule has 2 unspecified atom stereocenters. The van der Waals surface area contributed by atoms with Crippen molar-refractivity contribution in [2.24, 2.45) is 0 Å². The zero-order chi connectivity index (χ0) is 13.0. The summed E-state index contributed by atoms with van der Waals surface area (Å²) in [6.45, 7) is 3.67. The number of ether oxygens (including phenoxy) is 3. The fourth-order valence-electron chi connectivity index (χ4n) is 2.02. The van der Waals surface area contributed by atoms with E-state index in [0.29, 0.717) is 13.2 Å². The Morgan fingerprint density at radius 3 is 2.94 bits per heavy atom. The first-order valence-electron chi connectivity index (χ1n) is 6.25. The molecule has 2 atom stereocenters. The molecule has 1 fully saturated rings. The lowest BCUT2D eigenvalue weighted by atomic mass is 10.1. The Hall–Kier alpha value is -1.10. The van der Waals surface area contributed by atoms with E-state index in [1.54, 1.807) is 14.0 Å². The smallest absolute Gasteiger partial charge is 0.124 e. The highest BCUT2D eigenvalue weighted by Crippen LogP contribution is 2.25. The second-order valence-electron chi connectivity index (χ2n) is 4.54. The summed E-state index contributed by atoms with van der Waals surface area (Å²) in [4.78, 5) is 0. The Balaban J connectivity index is 2.05. The molecule has 2 rings (SSSR count). The van der Waals surface area contributed by atoms with Gasteiger partial charge in [-0.15, -0.1) is 0 Å². The van der Waals surface area contributed by atoms with Crippen LogP contribution in [0.4, 0.5) is 0 Å². The quantitative estimate of drug-likeness (QED) is 0.871. The Morgan fingerprint density at radius 2 is 2.33 bits per heavy atom. The van der Waals surface area contributed by atoms with Crippen LogP contribution in [0.25, 0.3) is 0 Å². The van der Waals surface area contributed by atoms with Crippen LogP contribution in [-0.4, -0.2) is 31.5 Å². The van der Waals surface area contributed by atoms with Crippen molar-refractivity contribution in [2.75, 3.05) is 20.3 Å². The third kappa shape index (κ3) is 3.22. The fraction of sp³-hybridized carbons (Fsp3) is 0.571. The molecule has 4 heteroatoms. The van der Waals surface area contributed by atoms with Crippen LogP contribution in [0.15, 0.2) is 18.2 Å². The molecule has 18 heavy (non-hydrogen) atoms. The van der Waals surface area contributed by atoms with Crippen LogP contribution >= 0.6 is 0 Å². The summed E-state index contributed by atoms with van der Waals surface area (Å²) >= 11 is 0. The van der Waals surface area contributed by atoms with Crippen LogP contribution in [0, 0.1) is 0 Å². The van der Waals surface area contributed by atoms with E-state index in [4.69, 9.17) is 14.2 Å². The van der Waals surface area contributed by atoms with Crippen molar-refractivity contribution >= 4 is 0 Å². The van der Waals surface area contributed by atoms with Crippen molar-refractivity contribution in [3.8, 4) is 5.75 Å². The molecule has 1 aromatic rings. The molecule has 1 aromatic carbocycles. The lowest BCUT2D eigenvalue weighted by Gasteiger charge is -2.14. The van der Waals surface area contributed by atoms with Gasteiger partial charge in [-0.05, 0) is 31.0 Å². The van der Waals surface area contributed by atoms with Crippen LogP contribution in [0.5, 0.6) is 5.75 Å². The average molecular weight is 252 g/mol. The zero-order valence-corrected chi connectivity index (χ0v) is 10.9. The maximum absolute atomic E-state index is 9.59. The number of aliphatic hydroxyl groups excluding tert-OH is 1. The van der Waals surface area contributed by atoms with Crippen LogP contribution in [0.2, 0.25) is 0 Å². The molecule has 0 spiro atoms. The van der Waals surface area contributed by atoms with Gasteiger partial charge in [-0.3, -0.25) is 0 Å². The molecule has 1 aliphatic rings. The van der Waals surface area contributed by atoms with E-state index < -0.39 is 6.10 Å². The van der Waals surface area contributed by atoms with Crippen molar-refractivity contribution in [3.05, 3.63) is 29.3 Å². The van der Waals surface area contributed by atoms with E-state index in [-0.39, 0.29) is 6.10 Å². The average Bonchev–Trinajstić information content (AvgIpc) is 2.89.